The molecule has 0 fully saturated rings. The van der Waals surface area contributed by atoms with E-state index in [-0.39, 0.29) is 16.3 Å². The molecule has 0 aliphatic carbocycles. The second-order valence-corrected chi connectivity index (χ2v) is 7.11. The number of halogens is 1. The quantitative estimate of drug-likeness (QED) is 0.897. The highest BCUT2D eigenvalue weighted by Crippen LogP contribution is 2.27. The molecule has 0 saturated heterocycles. The summed E-state index contributed by atoms with van der Waals surface area (Å²) in [5, 5.41) is 4.29. The predicted molar refractivity (Wildman–Crippen MR) is 79.8 cm³/mol. The van der Waals surface area contributed by atoms with Crippen LogP contribution >= 0.6 is 15.9 Å². The van der Waals surface area contributed by atoms with Crippen molar-refractivity contribution in [2.45, 2.75) is 24.0 Å². The third-order valence-electron chi connectivity index (χ3n) is 2.97. The zero-order valence-electron chi connectivity index (χ0n) is 11.2. The third kappa shape index (κ3) is 2.71. The van der Waals surface area contributed by atoms with Gasteiger partial charge in [-0.2, -0.15) is 5.10 Å². The van der Waals surface area contributed by atoms with Gasteiger partial charge in [-0.05, 0) is 28.4 Å². The molecule has 2 aromatic rings. The van der Waals surface area contributed by atoms with Gasteiger partial charge in [0.05, 0.1) is 38.4 Å². The first-order valence-electron chi connectivity index (χ1n) is 5.99. The van der Waals surface area contributed by atoms with Crippen LogP contribution in [-0.2, 0) is 29.1 Å². The maximum Gasteiger partial charge on any atom is 0.186 e. The number of hydrogen-bond donors (Lipinski definition) is 1. The fourth-order valence-electron chi connectivity index (χ4n) is 1.91. The summed E-state index contributed by atoms with van der Waals surface area (Å²) in [4.78, 5) is 3.90. The number of nitrogens with two attached hydrogens (primary N) is 1. The summed E-state index contributed by atoms with van der Waals surface area (Å²) < 4.78 is 27.2. The van der Waals surface area contributed by atoms with Crippen molar-refractivity contribution in [2.24, 2.45) is 7.05 Å². The van der Waals surface area contributed by atoms with Crippen LogP contribution in [-0.4, -0.2) is 23.2 Å². The molecule has 20 heavy (non-hydrogen) atoms. The second-order valence-electron chi connectivity index (χ2n) is 4.36. The van der Waals surface area contributed by atoms with E-state index in [0.717, 1.165) is 16.6 Å². The molecule has 0 unspecified atom stereocenters. The Labute approximate surface area is 126 Å². The molecule has 0 saturated carbocycles. The molecule has 0 aliphatic rings. The summed E-state index contributed by atoms with van der Waals surface area (Å²) in [6.45, 7) is 1.96. The minimum absolute atomic E-state index is 0.0960. The van der Waals surface area contributed by atoms with Crippen LogP contribution in [0.1, 0.15) is 18.3 Å². The SMILES string of the molecule is CCc1nn(C)c(CS(=O)(=O)c2ccncc2N)c1Br. The summed E-state index contributed by atoms with van der Waals surface area (Å²) in [7, 11) is -1.81. The number of anilines is 1. The molecule has 0 atom stereocenters. The van der Waals surface area contributed by atoms with Crippen molar-refractivity contribution in [3.05, 3.63) is 34.3 Å². The van der Waals surface area contributed by atoms with Crippen LogP contribution in [0.15, 0.2) is 27.8 Å². The van der Waals surface area contributed by atoms with Gasteiger partial charge < -0.3 is 5.73 Å². The topological polar surface area (TPSA) is 90.9 Å². The zero-order chi connectivity index (χ0) is 14.9. The molecule has 0 aliphatic heterocycles. The lowest BCUT2D eigenvalue weighted by molar-refractivity contribution is 0.592. The van der Waals surface area contributed by atoms with Crippen LogP contribution in [0.25, 0.3) is 0 Å². The molecular formula is C12H15BrN4O2S. The third-order valence-corrected chi connectivity index (χ3v) is 5.59. The Bertz CT molecular complexity index is 740. The number of rotatable bonds is 4. The Balaban J connectivity index is 2.44. The van der Waals surface area contributed by atoms with Crippen molar-refractivity contribution in [2.75, 3.05) is 5.73 Å². The van der Waals surface area contributed by atoms with E-state index in [1.165, 1.54) is 18.5 Å². The molecule has 0 bridgehead atoms. The van der Waals surface area contributed by atoms with E-state index < -0.39 is 9.84 Å². The van der Waals surface area contributed by atoms with Crippen LogP contribution in [0.3, 0.4) is 0 Å². The van der Waals surface area contributed by atoms with Gasteiger partial charge in [0, 0.05) is 13.2 Å². The van der Waals surface area contributed by atoms with Crippen molar-refractivity contribution in [1.82, 2.24) is 14.8 Å². The number of nitrogen functional groups attached to an aromatic ring is 1. The summed E-state index contributed by atoms with van der Waals surface area (Å²) in [6, 6.07) is 1.41. The average Bonchev–Trinajstić information content (AvgIpc) is 2.66. The summed E-state index contributed by atoms with van der Waals surface area (Å²) in [6.07, 6.45) is 3.48. The van der Waals surface area contributed by atoms with E-state index in [1.807, 2.05) is 6.92 Å². The minimum Gasteiger partial charge on any atom is -0.396 e. The molecule has 0 spiro atoms. The van der Waals surface area contributed by atoms with E-state index in [1.54, 1.807) is 11.7 Å². The molecule has 108 valence electrons. The maximum atomic E-state index is 12.5. The fourth-order valence-corrected chi connectivity index (χ4v) is 4.38. The maximum absolute atomic E-state index is 12.5. The van der Waals surface area contributed by atoms with Gasteiger partial charge in [-0.1, -0.05) is 6.92 Å². The van der Waals surface area contributed by atoms with Crippen molar-refractivity contribution in [3.8, 4) is 0 Å². The van der Waals surface area contributed by atoms with Gasteiger partial charge in [-0.15, -0.1) is 0 Å². The number of aromatic nitrogens is 3. The first-order valence-corrected chi connectivity index (χ1v) is 8.43. The van der Waals surface area contributed by atoms with Crippen molar-refractivity contribution in [3.63, 3.8) is 0 Å². The lowest BCUT2D eigenvalue weighted by Crippen LogP contribution is -2.11. The highest BCUT2D eigenvalue weighted by molar-refractivity contribution is 9.10. The number of sulfone groups is 1. The molecule has 8 heteroatoms. The van der Waals surface area contributed by atoms with Gasteiger partial charge in [0.25, 0.3) is 0 Å². The van der Waals surface area contributed by atoms with Crippen molar-refractivity contribution in [1.29, 1.82) is 0 Å². The minimum atomic E-state index is -3.54. The van der Waals surface area contributed by atoms with Gasteiger partial charge in [0.2, 0.25) is 0 Å². The summed E-state index contributed by atoms with van der Waals surface area (Å²) >= 11 is 3.41. The first-order chi connectivity index (χ1) is 9.36. The highest BCUT2D eigenvalue weighted by Gasteiger charge is 2.23. The molecule has 2 N–H and O–H groups in total. The Hall–Kier alpha value is -1.41. The summed E-state index contributed by atoms with van der Waals surface area (Å²) in [5.74, 6) is -0.161. The van der Waals surface area contributed by atoms with E-state index in [2.05, 4.69) is 26.0 Å². The molecule has 0 radical (unpaired) electrons. The lowest BCUT2D eigenvalue weighted by Gasteiger charge is -2.07. The molecule has 2 aromatic heterocycles. The molecule has 0 aromatic carbocycles. The van der Waals surface area contributed by atoms with E-state index >= 15 is 0 Å². The molecule has 0 amide bonds. The van der Waals surface area contributed by atoms with Crippen LogP contribution in [0.2, 0.25) is 0 Å². The lowest BCUT2D eigenvalue weighted by atomic mass is 10.3. The van der Waals surface area contributed by atoms with Gasteiger partial charge in [-0.3, -0.25) is 9.67 Å². The number of pyridine rings is 1. The largest absolute Gasteiger partial charge is 0.396 e. The van der Waals surface area contributed by atoms with Gasteiger partial charge in [0.1, 0.15) is 0 Å². The van der Waals surface area contributed by atoms with E-state index in [0.29, 0.717) is 5.69 Å². The first kappa shape index (κ1) is 15.0. The molecule has 2 rings (SSSR count). The smallest absolute Gasteiger partial charge is 0.186 e. The van der Waals surface area contributed by atoms with Crippen LogP contribution in [0.4, 0.5) is 5.69 Å². The Morgan fingerprint density at radius 3 is 2.70 bits per heavy atom. The molecular weight excluding hydrogens is 344 g/mol. The van der Waals surface area contributed by atoms with Gasteiger partial charge >= 0.3 is 0 Å². The Kier molecular flexibility index (Phi) is 4.14. The van der Waals surface area contributed by atoms with Crippen LogP contribution in [0.5, 0.6) is 0 Å². The monoisotopic (exact) mass is 358 g/mol. The normalized spacial score (nSPS) is 11.8. The Morgan fingerprint density at radius 2 is 2.15 bits per heavy atom. The van der Waals surface area contributed by atoms with E-state index in [4.69, 9.17) is 5.73 Å². The predicted octanol–water partition coefficient (Wildman–Crippen LogP) is 1.70. The fraction of sp³-hybridized carbons (Fsp3) is 0.333. The highest BCUT2D eigenvalue weighted by atomic mass is 79.9. The van der Waals surface area contributed by atoms with Gasteiger partial charge in [0.15, 0.2) is 9.84 Å². The zero-order valence-corrected chi connectivity index (χ0v) is 13.6. The number of hydrogen-bond acceptors (Lipinski definition) is 5. The standard InChI is InChI=1S/C12H15BrN4O2S/c1-3-9-12(13)10(17(2)16-9)7-20(18,19)11-4-5-15-6-8(11)14/h4-6H,3,7,14H2,1-2H3. The van der Waals surface area contributed by atoms with Crippen LogP contribution in [0, 0.1) is 0 Å². The van der Waals surface area contributed by atoms with Gasteiger partial charge in [-0.25, -0.2) is 8.42 Å². The van der Waals surface area contributed by atoms with Crippen LogP contribution < -0.4 is 5.73 Å². The number of nitrogens with zero attached hydrogens (tertiary/aromatic N) is 3. The molecule has 2 heterocycles. The van der Waals surface area contributed by atoms with Crippen molar-refractivity contribution >= 4 is 31.5 Å². The van der Waals surface area contributed by atoms with E-state index in [9.17, 15) is 8.42 Å². The van der Waals surface area contributed by atoms with Crippen molar-refractivity contribution < 1.29 is 8.42 Å². The number of aryl methyl sites for hydroxylation is 2. The molecule has 6 nitrogen and oxygen atoms in total. The second kappa shape index (κ2) is 5.53. The summed E-state index contributed by atoms with van der Waals surface area (Å²) in [5.41, 5.74) is 7.29. The average molecular weight is 359 g/mol. The Morgan fingerprint density at radius 1 is 1.45 bits per heavy atom.